The third-order valence-corrected chi connectivity index (χ3v) is 3.74. The molecule has 0 bridgehead atoms. The Bertz CT molecular complexity index is 270. The molecule has 120 valence electrons. The number of nitrogens with one attached hydrogen (secondary N) is 1. The van der Waals surface area contributed by atoms with Crippen molar-refractivity contribution in [2.75, 3.05) is 59.5 Å². The van der Waals surface area contributed by atoms with Crippen molar-refractivity contribution in [3.05, 3.63) is 0 Å². The van der Waals surface area contributed by atoms with E-state index in [1.54, 1.807) is 7.11 Å². The molecule has 1 aliphatic heterocycles. The van der Waals surface area contributed by atoms with Crippen LogP contribution < -0.4 is 5.32 Å². The molecule has 2 aliphatic rings. The second-order valence-corrected chi connectivity index (χ2v) is 5.29. The number of amides is 1. The molecule has 0 aromatic heterocycles. The summed E-state index contributed by atoms with van der Waals surface area (Å²) < 4.78 is 5.07. The van der Waals surface area contributed by atoms with Crippen LogP contribution in [0.3, 0.4) is 0 Å². The lowest BCUT2D eigenvalue weighted by atomic mass is 10.3. The lowest BCUT2D eigenvalue weighted by molar-refractivity contribution is -0.132. The van der Waals surface area contributed by atoms with E-state index in [9.17, 15) is 4.79 Å². The molecule has 1 heterocycles. The summed E-state index contributed by atoms with van der Waals surface area (Å²) in [6.07, 6.45) is 2.67. The molecule has 1 aliphatic carbocycles. The van der Waals surface area contributed by atoms with E-state index in [1.165, 1.54) is 12.8 Å². The van der Waals surface area contributed by atoms with Crippen LogP contribution in [0.5, 0.6) is 0 Å². The number of hydrogen-bond donors (Lipinski definition) is 1. The number of methoxy groups -OCH3 is 1. The minimum absolute atomic E-state index is 0. The van der Waals surface area contributed by atoms with Crippen molar-refractivity contribution in [2.45, 2.75) is 12.8 Å². The molecule has 0 spiro atoms. The van der Waals surface area contributed by atoms with Crippen molar-refractivity contribution in [1.82, 2.24) is 15.1 Å². The van der Waals surface area contributed by atoms with Crippen molar-refractivity contribution in [3.63, 3.8) is 0 Å². The number of nitrogens with zero attached hydrogens (tertiary/aromatic N) is 2. The van der Waals surface area contributed by atoms with Crippen LogP contribution in [0.15, 0.2) is 0 Å². The zero-order valence-electron chi connectivity index (χ0n) is 12.2. The van der Waals surface area contributed by atoms with E-state index in [-0.39, 0.29) is 30.7 Å². The Morgan fingerprint density at radius 3 is 2.40 bits per heavy atom. The van der Waals surface area contributed by atoms with Gasteiger partial charge in [-0.05, 0) is 25.3 Å². The first-order valence-electron chi connectivity index (χ1n) is 6.99. The van der Waals surface area contributed by atoms with E-state index in [4.69, 9.17) is 4.74 Å². The molecule has 1 saturated carbocycles. The number of piperazine rings is 1. The Labute approximate surface area is 134 Å². The molecule has 1 amide bonds. The lowest BCUT2D eigenvalue weighted by Gasteiger charge is -2.34. The monoisotopic (exact) mass is 327 g/mol. The van der Waals surface area contributed by atoms with Gasteiger partial charge in [-0.1, -0.05) is 0 Å². The zero-order valence-corrected chi connectivity index (χ0v) is 13.8. The Balaban J connectivity index is 0.00000180. The number of halogens is 2. The highest BCUT2D eigenvalue weighted by atomic mass is 35.5. The minimum Gasteiger partial charge on any atom is -0.383 e. The first kappa shape index (κ1) is 19.9. The summed E-state index contributed by atoms with van der Waals surface area (Å²) in [4.78, 5) is 16.3. The molecule has 7 heteroatoms. The maximum absolute atomic E-state index is 11.9. The molecule has 0 radical (unpaired) electrons. The molecule has 0 aromatic rings. The highest BCUT2D eigenvalue weighted by molar-refractivity contribution is 5.85. The average molecular weight is 328 g/mol. The van der Waals surface area contributed by atoms with Crippen LogP contribution in [0.1, 0.15) is 12.8 Å². The second kappa shape index (κ2) is 10.6. The van der Waals surface area contributed by atoms with Crippen LogP contribution >= 0.6 is 24.8 Å². The fourth-order valence-electron chi connectivity index (χ4n) is 2.26. The summed E-state index contributed by atoms with van der Waals surface area (Å²) in [6, 6.07) is 0. The Morgan fingerprint density at radius 1 is 1.20 bits per heavy atom. The predicted octanol–water partition coefficient (Wildman–Crippen LogP) is 0.620. The van der Waals surface area contributed by atoms with Gasteiger partial charge < -0.3 is 15.0 Å². The van der Waals surface area contributed by atoms with E-state index < -0.39 is 0 Å². The molecule has 0 atom stereocenters. The summed E-state index contributed by atoms with van der Waals surface area (Å²) >= 11 is 0. The van der Waals surface area contributed by atoms with Gasteiger partial charge in [0.2, 0.25) is 5.91 Å². The number of carbonyl (C=O) groups is 1. The second-order valence-electron chi connectivity index (χ2n) is 5.29. The largest absolute Gasteiger partial charge is 0.383 e. The van der Waals surface area contributed by atoms with Crippen molar-refractivity contribution in [2.24, 2.45) is 5.92 Å². The normalized spacial score (nSPS) is 19.1. The quantitative estimate of drug-likeness (QED) is 0.744. The molecule has 0 unspecified atom stereocenters. The van der Waals surface area contributed by atoms with Gasteiger partial charge in [-0.2, -0.15) is 0 Å². The van der Waals surface area contributed by atoms with Crippen molar-refractivity contribution < 1.29 is 9.53 Å². The number of ether oxygens (including phenoxy) is 1. The number of carbonyl (C=O) groups excluding carboxylic acids is 1. The zero-order chi connectivity index (χ0) is 12.8. The van der Waals surface area contributed by atoms with Crippen LogP contribution in [-0.4, -0.2) is 75.2 Å². The van der Waals surface area contributed by atoms with Crippen LogP contribution in [0, 0.1) is 5.92 Å². The van der Waals surface area contributed by atoms with Crippen LogP contribution in [0.4, 0.5) is 0 Å². The van der Waals surface area contributed by atoms with E-state index in [2.05, 4.69) is 10.2 Å². The standard InChI is InChI=1S/C13H25N3O2.2ClH/c1-18-9-8-15-4-6-16(7-5-15)13(17)11-14-10-12-2-3-12;;/h12,14H,2-11H2,1H3;2*1H. The molecule has 20 heavy (non-hydrogen) atoms. The first-order valence-corrected chi connectivity index (χ1v) is 6.99. The topological polar surface area (TPSA) is 44.8 Å². The molecule has 1 N–H and O–H groups in total. The molecule has 1 saturated heterocycles. The molecule has 5 nitrogen and oxygen atoms in total. The van der Waals surface area contributed by atoms with Crippen molar-refractivity contribution in [3.8, 4) is 0 Å². The molecule has 2 rings (SSSR count). The van der Waals surface area contributed by atoms with Gasteiger partial charge in [0.1, 0.15) is 0 Å². The number of hydrogen-bond acceptors (Lipinski definition) is 4. The van der Waals surface area contributed by atoms with E-state index in [1.807, 2.05) is 4.90 Å². The van der Waals surface area contributed by atoms with Gasteiger partial charge in [0.05, 0.1) is 13.2 Å². The van der Waals surface area contributed by atoms with Crippen molar-refractivity contribution >= 4 is 30.7 Å². The number of rotatable bonds is 7. The van der Waals surface area contributed by atoms with Gasteiger partial charge in [-0.25, -0.2) is 0 Å². The highest BCUT2D eigenvalue weighted by Crippen LogP contribution is 2.27. The molecule has 2 fully saturated rings. The predicted molar refractivity (Wildman–Crippen MR) is 85.0 cm³/mol. The van der Waals surface area contributed by atoms with Gasteiger partial charge in [-0.15, -0.1) is 24.8 Å². The SMILES string of the molecule is COCCN1CCN(C(=O)CNCC2CC2)CC1.Cl.Cl. The maximum atomic E-state index is 11.9. The van der Waals surface area contributed by atoms with Gasteiger partial charge >= 0.3 is 0 Å². The van der Waals surface area contributed by atoms with E-state index in [0.717, 1.165) is 51.8 Å². The van der Waals surface area contributed by atoms with Gasteiger partial charge in [0.25, 0.3) is 0 Å². The van der Waals surface area contributed by atoms with E-state index in [0.29, 0.717) is 6.54 Å². The minimum atomic E-state index is 0. The Kier molecular flexibility index (Phi) is 10.6. The Hall–Kier alpha value is -0.0700. The third-order valence-electron chi connectivity index (χ3n) is 3.74. The highest BCUT2D eigenvalue weighted by Gasteiger charge is 2.23. The summed E-state index contributed by atoms with van der Waals surface area (Å²) in [6.45, 7) is 6.92. The fraction of sp³-hybridized carbons (Fsp3) is 0.923. The molecular formula is C13H27Cl2N3O2. The van der Waals surface area contributed by atoms with Crippen molar-refractivity contribution in [1.29, 1.82) is 0 Å². The van der Waals surface area contributed by atoms with Crippen LogP contribution in [0.2, 0.25) is 0 Å². The fourth-order valence-corrected chi connectivity index (χ4v) is 2.26. The first-order chi connectivity index (χ1) is 8.79. The third kappa shape index (κ3) is 7.09. The van der Waals surface area contributed by atoms with Gasteiger partial charge in [0.15, 0.2) is 0 Å². The smallest absolute Gasteiger partial charge is 0.236 e. The summed E-state index contributed by atoms with van der Waals surface area (Å²) in [5.41, 5.74) is 0. The summed E-state index contributed by atoms with van der Waals surface area (Å²) in [5, 5.41) is 3.27. The average Bonchev–Trinajstić information content (AvgIpc) is 3.21. The summed E-state index contributed by atoms with van der Waals surface area (Å²) in [5.74, 6) is 1.09. The van der Waals surface area contributed by atoms with Gasteiger partial charge in [-0.3, -0.25) is 9.69 Å². The van der Waals surface area contributed by atoms with Crippen LogP contribution in [0.25, 0.3) is 0 Å². The van der Waals surface area contributed by atoms with E-state index >= 15 is 0 Å². The van der Waals surface area contributed by atoms with Gasteiger partial charge in [0, 0.05) is 39.8 Å². The summed E-state index contributed by atoms with van der Waals surface area (Å²) in [7, 11) is 1.73. The Morgan fingerprint density at radius 2 is 1.85 bits per heavy atom. The van der Waals surface area contributed by atoms with Crippen LogP contribution in [-0.2, 0) is 9.53 Å². The molecule has 0 aromatic carbocycles. The lowest BCUT2D eigenvalue weighted by Crippen LogP contribution is -2.51. The maximum Gasteiger partial charge on any atom is 0.236 e. The molecular weight excluding hydrogens is 301 g/mol.